The Bertz CT molecular complexity index is 324. The largest absolute Gasteiger partial charge is 0.367 e. The number of hydrogen-bond donors (Lipinski definition) is 2. The number of aromatic nitrogens is 1. The molecule has 1 heterocycles. The Morgan fingerprint density at radius 3 is 3.07 bits per heavy atom. The lowest BCUT2D eigenvalue weighted by atomic mass is 10.1. The molecular formula is C12H19N3. The van der Waals surface area contributed by atoms with Crippen molar-refractivity contribution in [3.05, 3.63) is 23.9 Å². The highest BCUT2D eigenvalue weighted by Gasteiger charge is 2.21. The van der Waals surface area contributed by atoms with Gasteiger partial charge in [0, 0.05) is 24.3 Å². The molecule has 2 rings (SSSR count). The van der Waals surface area contributed by atoms with Crippen LogP contribution in [0.4, 0.5) is 5.82 Å². The van der Waals surface area contributed by atoms with E-state index in [9.17, 15) is 0 Å². The minimum absolute atomic E-state index is 0.554. The first-order valence-corrected chi connectivity index (χ1v) is 5.70. The maximum absolute atomic E-state index is 5.67. The Balaban J connectivity index is 2.04. The monoisotopic (exact) mass is 205 g/mol. The number of nitrogens with one attached hydrogen (secondary N) is 1. The Morgan fingerprint density at radius 1 is 1.53 bits per heavy atom. The topological polar surface area (TPSA) is 50.9 Å². The molecule has 82 valence electrons. The van der Waals surface area contributed by atoms with Crippen molar-refractivity contribution in [3.8, 4) is 0 Å². The van der Waals surface area contributed by atoms with Crippen molar-refractivity contribution in [2.75, 3.05) is 5.32 Å². The average Bonchev–Trinajstić information content (AvgIpc) is 2.65. The van der Waals surface area contributed by atoms with E-state index < -0.39 is 0 Å². The quantitative estimate of drug-likeness (QED) is 0.795. The molecule has 0 aliphatic heterocycles. The van der Waals surface area contributed by atoms with Gasteiger partial charge in [-0.05, 0) is 31.2 Å². The minimum atomic E-state index is 0.554. The summed E-state index contributed by atoms with van der Waals surface area (Å²) in [6.07, 6.45) is 5.64. The van der Waals surface area contributed by atoms with E-state index >= 15 is 0 Å². The van der Waals surface area contributed by atoms with Gasteiger partial charge in [0.2, 0.25) is 0 Å². The number of pyridine rings is 1. The third kappa shape index (κ3) is 2.48. The first-order valence-electron chi connectivity index (χ1n) is 5.70. The fourth-order valence-corrected chi connectivity index (χ4v) is 2.26. The zero-order valence-electron chi connectivity index (χ0n) is 9.24. The molecule has 15 heavy (non-hydrogen) atoms. The molecule has 1 saturated carbocycles. The second-order valence-corrected chi connectivity index (χ2v) is 4.47. The third-order valence-corrected chi connectivity index (χ3v) is 3.15. The van der Waals surface area contributed by atoms with E-state index in [1.807, 2.05) is 18.3 Å². The molecule has 2 unspecified atom stereocenters. The second-order valence-electron chi connectivity index (χ2n) is 4.47. The molecule has 3 nitrogen and oxygen atoms in total. The van der Waals surface area contributed by atoms with Crippen LogP contribution in [0.15, 0.2) is 18.3 Å². The molecule has 0 radical (unpaired) electrons. The van der Waals surface area contributed by atoms with Gasteiger partial charge in [0.25, 0.3) is 0 Å². The highest BCUT2D eigenvalue weighted by molar-refractivity contribution is 5.44. The molecule has 2 atom stereocenters. The standard InChI is InChI=1S/C12H19N3/c1-9-4-5-11(7-9)15-12-10(8-13)3-2-6-14-12/h2-3,6,9,11H,4-5,7-8,13H2,1H3,(H,14,15). The highest BCUT2D eigenvalue weighted by Crippen LogP contribution is 2.27. The van der Waals surface area contributed by atoms with Gasteiger partial charge in [-0.3, -0.25) is 0 Å². The molecule has 3 N–H and O–H groups in total. The second kappa shape index (κ2) is 4.62. The van der Waals surface area contributed by atoms with Gasteiger partial charge in [-0.25, -0.2) is 4.98 Å². The van der Waals surface area contributed by atoms with Crippen LogP contribution >= 0.6 is 0 Å². The SMILES string of the molecule is CC1CCC(Nc2ncccc2CN)C1. The fourth-order valence-electron chi connectivity index (χ4n) is 2.26. The number of anilines is 1. The molecule has 0 aromatic carbocycles. The molecule has 3 heteroatoms. The van der Waals surface area contributed by atoms with E-state index in [0.717, 1.165) is 17.3 Å². The zero-order chi connectivity index (χ0) is 10.7. The first kappa shape index (κ1) is 10.4. The summed E-state index contributed by atoms with van der Waals surface area (Å²) in [6.45, 7) is 2.86. The average molecular weight is 205 g/mol. The van der Waals surface area contributed by atoms with Crippen LogP contribution in [-0.4, -0.2) is 11.0 Å². The summed E-state index contributed by atoms with van der Waals surface area (Å²) in [7, 11) is 0. The van der Waals surface area contributed by atoms with Gasteiger partial charge in [-0.2, -0.15) is 0 Å². The first-order chi connectivity index (χ1) is 7.29. The minimum Gasteiger partial charge on any atom is -0.367 e. The zero-order valence-corrected chi connectivity index (χ0v) is 9.24. The molecule has 1 aliphatic rings. The molecule has 1 aliphatic carbocycles. The van der Waals surface area contributed by atoms with Crippen LogP contribution in [-0.2, 0) is 6.54 Å². The van der Waals surface area contributed by atoms with Crippen LogP contribution in [0.2, 0.25) is 0 Å². The van der Waals surface area contributed by atoms with Crippen molar-refractivity contribution in [1.29, 1.82) is 0 Å². The van der Waals surface area contributed by atoms with E-state index in [-0.39, 0.29) is 0 Å². The van der Waals surface area contributed by atoms with Crippen molar-refractivity contribution < 1.29 is 0 Å². The Kier molecular flexibility index (Phi) is 3.21. The summed E-state index contributed by atoms with van der Waals surface area (Å²) < 4.78 is 0. The maximum Gasteiger partial charge on any atom is 0.130 e. The number of nitrogens with two attached hydrogens (primary N) is 1. The van der Waals surface area contributed by atoms with Gasteiger partial charge in [0.05, 0.1) is 0 Å². The van der Waals surface area contributed by atoms with Crippen LogP contribution < -0.4 is 11.1 Å². The molecule has 1 fully saturated rings. The van der Waals surface area contributed by atoms with Crippen molar-refractivity contribution in [3.63, 3.8) is 0 Å². The maximum atomic E-state index is 5.67. The van der Waals surface area contributed by atoms with Gasteiger partial charge in [-0.1, -0.05) is 13.0 Å². The van der Waals surface area contributed by atoms with Crippen LogP contribution in [0.5, 0.6) is 0 Å². The Labute approximate surface area is 91.1 Å². The van der Waals surface area contributed by atoms with E-state index in [1.54, 1.807) is 0 Å². The van der Waals surface area contributed by atoms with Gasteiger partial charge in [-0.15, -0.1) is 0 Å². The molecule has 0 bridgehead atoms. The van der Waals surface area contributed by atoms with Gasteiger partial charge >= 0.3 is 0 Å². The normalized spacial score (nSPS) is 25.5. The van der Waals surface area contributed by atoms with E-state index in [4.69, 9.17) is 5.73 Å². The number of nitrogens with zero attached hydrogens (tertiary/aromatic N) is 1. The van der Waals surface area contributed by atoms with Crippen LogP contribution in [0.3, 0.4) is 0 Å². The molecule has 0 amide bonds. The van der Waals surface area contributed by atoms with Gasteiger partial charge in [0.1, 0.15) is 5.82 Å². The molecule has 0 spiro atoms. The summed E-state index contributed by atoms with van der Waals surface area (Å²) in [5.74, 6) is 1.81. The van der Waals surface area contributed by atoms with Crippen LogP contribution in [0.1, 0.15) is 31.7 Å². The predicted octanol–water partition coefficient (Wildman–Crippen LogP) is 2.14. The van der Waals surface area contributed by atoms with E-state index in [1.165, 1.54) is 19.3 Å². The molecule has 1 aromatic rings. The van der Waals surface area contributed by atoms with Gasteiger partial charge in [0.15, 0.2) is 0 Å². The lowest BCUT2D eigenvalue weighted by Crippen LogP contribution is -2.18. The summed E-state index contributed by atoms with van der Waals surface area (Å²) in [6, 6.07) is 4.55. The highest BCUT2D eigenvalue weighted by atomic mass is 15.0. The Morgan fingerprint density at radius 2 is 2.40 bits per heavy atom. The molecular weight excluding hydrogens is 186 g/mol. The van der Waals surface area contributed by atoms with Gasteiger partial charge < -0.3 is 11.1 Å². The summed E-state index contributed by atoms with van der Waals surface area (Å²) in [4.78, 5) is 4.35. The lowest BCUT2D eigenvalue weighted by Gasteiger charge is -2.15. The van der Waals surface area contributed by atoms with Crippen molar-refractivity contribution in [1.82, 2.24) is 4.98 Å². The molecule has 1 aromatic heterocycles. The number of rotatable bonds is 3. The number of hydrogen-bond acceptors (Lipinski definition) is 3. The molecule has 0 saturated heterocycles. The lowest BCUT2D eigenvalue weighted by molar-refractivity contribution is 0.602. The van der Waals surface area contributed by atoms with Crippen molar-refractivity contribution in [2.45, 2.75) is 38.8 Å². The summed E-state index contributed by atoms with van der Waals surface area (Å²) in [5.41, 5.74) is 6.78. The predicted molar refractivity (Wildman–Crippen MR) is 62.6 cm³/mol. The van der Waals surface area contributed by atoms with Crippen LogP contribution in [0, 0.1) is 5.92 Å². The Hall–Kier alpha value is -1.09. The van der Waals surface area contributed by atoms with Crippen molar-refractivity contribution in [2.24, 2.45) is 11.7 Å². The fraction of sp³-hybridized carbons (Fsp3) is 0.583. The summed E-state index contributed by atoms with van der Waals surface area (Å²) in [5, 5.41) is 3.50. The smallest absolute Gasteiger partial charge is 0.130 e. The van der Waals surface area contributed by atoms with E-state index in [0.29, 0.717) is 12.6 Å². The van der Waals surface area contributed by atoms with Crippen molar-refractivity contribution >= 4 is 5.82 Å². The third-order valence-electron chi connectivity index (χ3n) is 3.15. The van der Waals surface area contributed by atoms with Crippen LogP contribution in [0.25, 0.3) is 0 Å². The van der Waals surface area contributed by atoms with E-state index in [2.05, 4.69) is 17.2 Å². The summed E-state index contributed by atoms with van der Waals surface area (Å²) >= 11 is 0.